The van der Waals surface area contributed by atoms with Crippen molar-refractivity contribution in [3.8, 4) is 0 Å². The van der Waals surface area contributed by atoms with E-state index in [-0.39, 0.29) is 10.6 Å². The number of aliphatic hydroxyl groups is 1. The van der Waals surface area contributed by atoms with Gasteiger partial charge in [0.05, 0.1) is 6.10 Å². The third-order valence-electron chi connectivity index (χ3n) is 1.77. The van der Waals surface area contributed by atoms with Crippen LogP contribution in [0.15, 0.2) is 18.2 Å². The Morgan fingerprint density at radius 3 is 2.77 bits per heavy atom. The van der Waals surface area contributed by atoms with Gasteiger partial charge in [0.25, 0.3) is 0 Å². The lowest BCUT2D eigenvalue weighted by atomic mass is 10.1. The minimum atomic E-state index is -0.918. The van der Waals surface area contributed by atoms with Gasteiger partial charge in [0.1, 0.15) is 5.82 Å². The van der Waals surface area contributed by atoms with Crippen LogP contribution in [0.5, 0.6) is 0 Å². The maximum absolute atomic E-state index is 13.1. The van der Waals surface area contributed by atoms with Crippen LogP contribution < -0.4 is 5.73 Å². The summed E-state index contributed by atoms with van der Waals surface area (Å²) in [6.07, 6.45) is -0.612. The zero-order valence-corrected chi connectivity index (χ0v) is 7.76. The SMILES string of the molecule is NCCC(O)c1c(F)cccc1Cl. The van der Waals surface area contributed by atoms with Gasteiger partial charge in [-0.25, -0.2) is 4.39 Å². The molecule has 0 saturated carbocycles. The van der Waals surface area contributed by atoms with Crippen molar-refractivity contribution in [2.45, 2.75) is 12.5 Å². The number of rotatable bonds is 3. The van der Waals surface area contributed by atoms with Crippen LogP contribution in [0, 0.1) is 5.82 Å². The molecule has 1 unspecified atom stereocenters. The standard InChI is InChI=1S/C9H11ClFNO/c10-6-2-1-3-7(11)9(6)8(13)4-5-12/h1-3,8,13H,4-5,12H2. The first-order valence-electron chi connectivity index (χ1n) is 3.99. The lowest BCUT2D eigenvalue weighted by molar-refractivity contribution is 0.166. The fourth-order valence-corrected chi connectivity index (χ4v) is 1.42. The van der Waals surface area contributed by atoms with Gasteiger partial charge in [-0.2, -0.15) is 0 Å². The van der Waals surface area contributed by atoms with Crippen molar-refractivity contribution in [2.24, 2.45) is 5.73 Å². The summed E-state index contributed by atoms with van der Waals surface area (Å²) in [5.74, 6) is -0.492. The molecule has 0 spiro atoms. The predicted octanol–water partition coefficient (Wildman–Crippen LogP) is 1.86. The number of hydrogen-bond donors (Lipinski definition) is 2. The highest BCUT2D eigenvalue weighted by Crippen LogP contribution is 2.27. The Hall–Kier alpha value is -0.640. The van der Waals surface area contributed by atoms with E-state index < -0.39 is 11.9 Å². The fourth-order valence-electron chi connectivity index (χ4n) is 1.13. The zero-order valence-electron chi connectivity index (χ0n) is 7.00. The van der Waals surface area contributed by atoms with Gasteiger partial charge in [-0.1, -0.05) is 17.7 Å². The van der Waals surface area contributed by atoms with E-state index in [1.807, 2.05) is 0 Å². The van der Waals surface area contributed by atoms with Gasteiger partial charge in [-0.15, -0.1) is 0 Å². The van der Waals surface area contributed by atoms with Crippen molar-refractivity contribution < 1.29 is 9.50 Å². The van der Waals surface area contributed by atoms with E-state index in [1.165, 1.54) is 12.1 Å². The smallest absolute Gasteiger partial charge is 0.130 e. The van der Waals surface area contributed by atoms with Crippen LogP contribution in [0.3, 0.4) is 0 Å². The molecule has 13 heavy (non-hydrogen) atoms. The predicted molar refractivity (Wildman–Crippen MR) is 50.0 cm³/mol. The van der Waals surface area contributed by atoms with Crippen molar-refractivity contribution in [1.29, 1.82) is 0 Å². The number of aliphatic hydroxyl groups excluding tert-OH is 1. The molecule has 0 heterocycles. The summed E-state index contributed by atoms with van der Waals surface area (Å²) in [6, 6.07) is 4.30. The Morgan fingerprint density at radius 1 is 1.54 bits per heavy atom. The van der Waals surface area contributed by atoms with Crippen molar-refractivity contribution >= 4 is 11.6 Å². The van der Waals surface area contributed by atoms with Crippen molar-refractivity contribution in [1.82, 2.24) is 0 Å². The average Bonchev–Trinajstić information content (AvgIpc) is 2.04. The number of hydrogen-bond acceptors (Lipinski definition) is 2. The summed E-state index contributed by atoms with van der Waals surface area (Å²) in [4.78, 5) is 0. The largest absolute Gasteiger partial charge is 0.388 e. The number of benzene rings is 1. The normalized spacial score (nSPS) is 12.9. The molecule has 1 aromatic rings. The van der Waals surface area contributed by atoms with Crippen LogP contribution in [0.1, 0.15) is 18.1 Å². The fraction of sp³-hybridized carbons (Fsp3) is 0.333. The van der Waals surface area contributed by atoms with Gasteiger partial charge in [-0.05, 0) is 25.1 Å². The zero-order chi connectivity index (χ0) is 9.84. The van der Waals surface area contributed by atoms with E-state index in [9.17, 15) is 9.50 Å². The van der Waals surface area contributed by atoms with Crippen molar-refractivity contribution in [3.63, 3.8) is 0 Å². The third-order valence-corrected chi connectivity index (χ3v) is 2.10. The monoisotopic (exact) mass is 203 g/mol. The molecule has 72 valence electrons. The highest BCUT2D eigenvalue weighted by atomic mass is 35.5. The van der Waals surface area contributed by atoms with E-state index in [2.05, 4.69) is 0 Å². The molecule has 1 aromatic carbocycles. The van der Waals surface area contributed by atoms with E-state index in [1.54, 1.807) is 6.07 Å². The molecule has 0 bridgehead atoms. The second-order valence-electron chi connectivity index (χ2n) is 2.73. The lowest BCUT2D eigenvalue weighted by Gasteiger charge is -2.11. The van der Waals surface area contributed by atoms with Gasteiger partial charge in [-0.3, -0.25) is 0 Å². The van der Waals surface area contributed by atoms with Crippen LogP contribution >= 0.6 is 11.6 Å². The van der Waals surface area contributed by atoms with E-state index >= 15 is 0 Å². The molecule has 4 heteroatoms. The average molecular weight is 204 g/mol. The topological polar surface area (TPSA) is 46.2 Å². The van der Waals surface area contributed by atoms with E-state index in [0.717, 1.165) is 0 Å². The Labute approximate surface area is 81.1 Å². The highest BCUT2D eigenvalue weighted by Gasteiger charge is 2.15. The van der Waals surface area contributed by atoms with Crippen molar-refractivity contribution in [2.75, 3.05) is 6.54 Å². The second-order valence-corrected chi connectivity index (χ2v) is 3.14. The molecule has 1 atom stereocenters. The third kappa shape index (κ3) is 2.40. The Morgan fingerprint density at radius 2 is 2.23 bits per heavy atom. The summed E-state index contributed by atoms with van der Waals surface area (Å²) in [5, 5.41) is 9.71. The Balaban J connectivity index is 2.98. The summed E-state index contributed by atoms with van der Waals surface area (Å²) in [6.45, 7) is 0.297. The molecule has 0 aliphatic rings. The van der Waals surface area contributed by atoms with Gasteiger partial charge in [0.2, 0.25) is 0 Å². The maximum atomic E-state index is 13.1. The Bertz CT molecular complexity index is 273. The minimum Gasteiger partial charge on any atom is -0.388 e. The van der Waals surface area contributed by atoms with Gasteiger partial charge >= 0.3 is 0 Å². The maximum Gasteiger partial charge on any atom is 0.130 e. The molecule has 0 amide bonds. The molecule has 0 radical (unpaired) electrons. The van der Waals surface area contributed by atoms with Crippen LogP contribution in [0.2, 0.25) is 5.02 Å². The van der Waals surface area contributed by atoms with E-state index in [4.69, 9.17) is 17.3 Å². The number of halogens is 2. The second kappa shape index (κ2) is 4.56. The van der Waals surface area contributed by atoms with Crippen LogP contribution in [0.25, 0.3) is 0 Å². The van der Waals surface area contributed by atoms with Gasteiger partial charge in [0, 0.05) is 10.6 Å². The molecule has 1 rings (SSSR count). The first kappa shape index (κ1) is 10.4. The lowest BCUT2D eigenvalue weighted by Crippen LogP contribution is -2.08. The summed E-state index contributed by atoms with van der Waals surface area (Å²) < 4.78 is 13.1. The molecular formula is C9H11ClFNO. The molecule has 0 saturated heterocycles. The Kier molecular flexibility index (Phi) is 3.66. The number of nitrogens with two attached hydrogens (primary N) is 1. The molecule has 3 N–H and O–H groups in total. The minimum absolute atomic E-state index is 0.134. The first-order chi connectivity index (χ1) is 6.16. The molecule has 0 aliphatic carbocycles. The first-order valence-corrected chi connectivity index (χ1v) is 4.36. The summed E-state index contributed by atoms with van der Waals surface area (Å²) >= 11 is 5.72. The molecule has 2 nitrogen and oxygen atoms in total. The summed E-state index contributed by atoms with van der Waals surface area (Å²) in [5.41, 5.74) is 5.38. The van der Waals surface area contributed by atoms with E-state index in [0.29, 0.717) is 13.0 Å². The van der Waals surface area contributed by atoms with Crippen LogP contribution in [-0.4, -0.2) is 11.7 Å². The molecule has 0 fully saturated rings. The van der Waals surface area contributed by atoms with Crippen LogP contribution in [0.4, 0.5) is 4.39 Å². The van der Waals surface area contributed by atoms with Crippen LogP contribution in [-0.2, 0) is 0 Å². The molecular weight excluding hydrogens is 193 g/mol. The molecule has 0 aliphatic heterocycles. The van der Waals surface area contributed by atoms with Gasteiger partial charge < -0.3 is 10.8 Å². The van der Waals surface area contributed by atoms with Crippen molar-refractivity contribution in [3.05, 3.63) is 34.6 Å². The highest BCUT2D eigenvalue weighted by molar-refractivity contribution is 6.31. The van der Waals surface area contributed by atoms with Gasteiger partial charge in [0.15, 0.2) is 0 Å². The quantitative estimate of drug-likeness (QED) is 0.788. The molecule has 0 aromatic heterocycles. The summed E-state index contributed by atoms with van der Waals surface area (Å²) in [7, 11) is 0.